The van der Waals surface area contributed by atoms with Gasteiger partial charge in [-0.2, -0.15) is 0 Å². The summed E-state index contributed by atoms with van der Waals surface area (Å²) in [6.07, 6.45) is 1.21. The molecule has 1 aliphatic heterocycles. The normalized spacial score (nSPS) is 15.2. The first-order valence-electron chi connectivity index (χ1n) is 12.9. The molecular weight excluding hydrogens is 439 g/mol. The van der Waals surface area contributed by atoms with Gasteiger partial charge in [-0.3, -0.25) is 0 Å². The minimum Gasteiger partial charge on any atom is -0.0893 e. The smallest absolute Gasteiger partial charge is 0.0893 e. The van der Waals surface area contributed by atoms with Crippen molar-refractivity contribution < 1.29 is 0 Å². The van der Waals surface area contributed by atoms with Crippen LogP contribution in [0.25, 0.3) is 11.1 Å². The van der Waals surface area contributed by atoms with E-state index in [-0.39, 0.29) is 16.2 Å². The third kappa shape index (κ3) is 2.96. The van der Waals surface area contributed by atoms with Gasteiger partial charge in [0.15, 0.2) is 0 Å². The Morgan fingerprint density at radius 2 is 1.20 bits per heavy atom. The van der Waals surface area contributed by atoms with Crippen molar-refractivity contribution in [2.75, 3.05) is 0 Å². The van der Waals surface area contributed by atoms with Crippen molar-refractivity contribution in [3.05, 3.63) is 119 Å². The number of fused-ring (bicyclic) bond motifs is 9. The molecule has 0 saturated carbocycles. The van der Waals surface area contributed by atoms with E-state index in [2.05, 4.69) is 126 Å². The van der Waals surface area contributed by atoms with Crippen molar-refractivity contribution in [2.45, 2.75) is 61.5 Å². The van der Waals surface area contributed by atoms with Gasteiger partial charge in [0, 0.05) is 9.79 Å². The zero-order valence-corrected chi connectivity index (χ0v) is 22.3. The van der Waals surface area contributed by atoms with E-state index >= 15 is 0 Å². The number of benzene rings is 4. The third-order valence-electron chi connectivity index (χ3n) is 9.11. The van der Waals surface area contributed by atoms with Crippen molar-refractivity contribution in [3.8, 4) is 11.1 Å². The Morgan fingerprint density at radius 3 is 1.83 bits per heavy atom. The summed E-state index contributed by atoms with van der Waals surface area (Å²) in [5.41, 5.74) is 9.84. The van der Waals surface area contributed by atoms with E-state index in [4.69, 9.17) is 0 Å². The van der Waals surface area contributed by atoms with Crippen LogP contribution in [-0.2, 0) is 10.8 Å². The molecule has 0 N–H and O–H groups in total. The Balaban J connectivity index is 1.74. The molecule has 4 aromatic rings. The lowest BCUT2D eigenvalue weighted by Crippen LogP contribution is -2.39. The van der Waals surface area contributed by atoms with E-state index in [0.29, 0.717) is 0 Å². The minimum absolute atomic E-state index is 0.0342. The van der Waals surface area contributed by atoms with Gasteiger partial charge in [-0.1, -0.05) is 138 Å². The van der Waals surface area contributed by atoms with Crippen LogP contribution in [0.5, 0.6) is 0 Å². The van der Waals surface area contributed by atoms with Gasteiger partial charge in [-0.25, -0.2) is 0 Å². The Labute approximate surface area is 215 Å². The lowest BCUT2D eigenvalue weighted by atomic mass is 9.54. The first kappa shape index (κ1) is 22.7. The Hall–Kier alpha value is -2.71. The number of rotatable bonds is 4. The fraction of sp³-hybridized carbons (Fsp3) is 0.273. The predicted molar refractivity (Wildman–Crippen MR) is 152 cm³/mol. The molecule has 1 spiro atoms. The Kier molecular flexibility index (Phi) is 5.13. The fourth-order valence-electron chi connectivity index (χ4n) is 6.67. The van der Waals surface area contributed by atoms with Crippen LogP contribution in [0.1, 0.15) is 55.5 Å². The molecule has 0 fully saturated rings. The molecule has 2 aliphatic rings. The summed E-state index contributed by atoms with van der Waals surface area (Å²) >= 11 is 1.98. The summed E-state index contributed by atoms with van der Waals surface area (Å²) in [5.74, 6) is 0. The molecule has 0 amide bonds. The highest BCUT2D eigenvalue weighted by atomic mass is 32.2. The lowest BCUT2D eigenvalue weighted by Gasteiger charge is -2.46. The maximum atomic E-state index is 2.46. The highest BCUT2D eigenvalue weighted by Crippen LogP contribution is 2.63. The largest absolute Gasteiger partial charge is 0.118 e. The molecule has 0 aromatic heterocycles. The van der Waals surface area contributed by atoms with Gasteiger partial charge in [-0.05, 0) is 55.8 Å². The van der Waals surface area contributed by atoms with Gasteiger partial charge < -0.3 is 0 Å². The molecule has 1 heterocycles. The molecule has 1 aliphatic carbocycles. The van der Waals surface area contributed by atoms with Crippen LogP contribution in [0.4, 0.5) is 0 Å². The summed E-state index contributed by atoms with van der Waals surface area (Å²) in [6.45, 7) is 12.1. The van der Waals surface area contributed by atoms with Crippen LogP contribution in [0.3, 0.4) is 0 Å². The van der Waals surface area contributed by atoms with Gasteiger partial charge in [0.25, 0.3) is 0 Å². The minimum atomic E-state index is -0.286. The van der Waals surface area contributed by atoms with E-state index in [1.165, 1.54) is 62.3 Å². The summed E-state index contributed by atoms with van der Waals surface area (Å²) in [5, 5.41) is 0. The Morgan fingerprint density at radius 1 is 0.657 bits per heavy atom. The second-order valence-electron chi connectivity index (χ2n) is 11.4. The molecule has 0 saturated heterocycles. The molecular formula is C33H33BS. The second-order valence-corrected chi connectivity index (χ2v) is 12.4. The maximum absolute atomic E-state index is 2.46. The molecule has 4 aromatic carbocycles. The molecule has 0 nitrogen and oxygen atoms in total. The van der Waals surface area contributed by atoms with Crippen LogP contribution in [0.15, 0.2) is 101 Å². The van der Waals surface area contributed by atoms with E-state index in [1.54, 1.807) is 0 Å². The highest BCUT2D eigenvalue weighted by Gasteiger charge is 2.51. The van der Waals surface area contributed by atoms with E-state index < -0.39 is 0 Å². The summed E-state index contributed by atoms with van der Waals surface area (Å²) in [7, 11) is 1.20. The number of hydrogen-bond donors (Lipinski definition) is 0. The molecule has 0 bridgehead atoms. The molecule has 2 heteroatoms. The summed E-state index contributed by atoms with van der Waals surface area (Å²) in [6, 6.07) is 34.4. The third-order valence-corrected chi connectivity index (χ3v) is 10.3. The molecule has 0 unspecified atom stereocenters. The quantitative estimate of drug-likeness (QED) is 0.231. The average molecular weight is 473 g/mol. The van der Waals surface area contributed by atoms with E-state index in [9.17, 15) is 0 Å². The van der Waals surface area contributed by atoms with Crippen molar-refractivity contribution >= 4 is 19.0 Å². The van der Waals surface area contributed by atoms with Crippen LogP contribution in [-0.4, -0.2) is 7.28 Å². The fourth-order valence-corrected chi connectivity index (χ4v) is 8.13. The highest BCUT2D eigenvalue weighted by molar-refractivity contribution is 7.99. The SMILES string of the molecule is CBCC(C)(C)C(C)(C)c1cccc2c1Sc1ccccc1C21c2ccccc2-c2ccccc21. The van der Waals surface area contributed by atoms with Crippen LogP contribution < -0.4 is 0 Å². The molecule has 35 heavy (non-hydrogen) atoms. The summed E-state index contributed by atoms with van der Waals surface area (Å²) in [4.78, 5) is 2.83. The zero-order chi connectivity index (χ0) is 24.4. The average Bonchev–Trinajstić information content (AvgIpc) is 3.15. The van der Waals surface area contributed by atoms with Crippen LogP contribution in [0.2, 0.25) is 13.1 Å². The van der Waals surface area contributed by atoms with Crippen molar-refractivity contribution in [3.63, 3.8) is 0 Å². The van der Waals surface area contributed by atoms with Crippen molar-refractivity contribution in [1.82, 2.24) is 0 Å². The second kappa shape index (κ2) is 7.90. The number of hydrogen-bond acceptors (Lipinski definition) is 1. The van der Waals surface area contributed by atoms with E-state index in [1.807, 2.05) is 11.8 Å². The zero-order valence-electron chi connectivity index (χ0n) is 21.5. The van der Waals surface area contributed by atoms with Crippen molar-refractivity contribution in [1.29, 1.82) is 0 Å². The Bertz CT molecular complexity index is 1400. The molecule has 0 atom stereocenters. The molecule has 0 radical (unpaired) electrons. The summed E-state index contributed by atoms with van der Waals surface area (Å²) < 4.78 is 0. The van der Waals surface area contributed by atoms with Crippen LogP contribution in [0, 0.1) is 5.41 Å². The topological polar surface area (TPSA) is 0 Å². The van der Waals surface area contributed by atoms with Crippen LogP contribution >= 0.6 is 11.8 Å². The first-order valence-corrected chi connectivity index (χ1v) is 13.8. The van der Waals surface area contributed by atoms with Gasteiger partial charge in [-0.15, -0.1) is 0 Å². The molecule has 174 valence electrons. The lowest BCUT2D eigenvalue weighted by molar-refractivity contribution is 0.221. The standard InChI is InChI=1S/C33H33BS/c1-31(2,21-34-5)32(3,4)27-18-12-19-28-30(27)35-29-20-11-10-17-26(29)33(28)24-15-8-6-13-22(24)23-14-7-9-16-25(23)33/h6-20,34H,21H2,1-5H3. The maximum Gasteiger partial charge on any atom is 0.118 e. The van der Waals surface area contributed by atoms with Crippen molar-refractivity contribution in [2.24, 2.45) is 5.41 Å². The molecule has 6 rings (SSSR count). The predicted octanol–water partition coefficient (Wildman–Crippen LogP) is 8.72. The van der Waals surface area contributed by atoms with Gasteiger partial charge in [0.2, 0.25) is 0 Å². The van der Waals surface area contributed by atoms with E-state index in [0.717, 1.165) is 0 Å². The van der Waals surface area contributed by atoms with Gasteiger partial charge in [0.1, 0.15) is 7.28 Å². The monoisotopic (exact) mass is 472 g/mol. The first-order chi connectivity index (χ1) is 16.8. The van der Waals surface area contributed by atoms with Gasteiger partial charge >= 0.3 is 0 Å². The van der Waals surface area contributed by atoms with Gasteiger partial charge in [0.05, 0.1) is 5.41 Å².